The van der Waals surface area contributed by atoms with Gasteiger partial charge in [-0.1, -0.05) is 17.8 Å². The number of hydrogen-bond acceptors (Lipinski definition) is 7. The third-order valence-electron chi connectivity index (χ3n) is 3.82. The number of anilines is 1. The summed E-state index contributed by atoms with van der Waals surface area (Å²) >= 11 is 3.97. The maximum Gasteiger partial charge on any atom is 0.239 e. The minimum atomic E-state index is -0.945. The van der Waals surface area contributed by atoms with Crippen LogP contribution in [0, 0.1) is 11.6 Å². The first-order valence-electron chi connectivity index (χ1n) is 8.34. The third kappa shape index (κ3) is 4.52. The number of rotatable bonds is 6. The predicted molar refractivity (Wildman–Crippen MR) is 111 cm³/mol. The van der Waals surface area contributed by atoms with Crippen LogP contribution in [-0.2, 0) is 4.79 Å². The molecule has 0 spiro atoms. The van der Waals surface area contributed by atoms with E-state index in [-0.39, 0.29) is 5.91 Å². The fourth-order valence-electron chi connectivity index (χ4n) is 2.36. The van der Waals surface area contributed by atoms with Crippen LogP contribution >= 0.6 is 34.4 Å². The molecule has 4 aromatic rings. The number of aromatic nitrogens is 4. The van der Waals surface area contributed by atoms with Crippen LogP contribution in [0.2, 0.25) is 0 Å². The highest BCUT2D eigenvalue weighted by Gasteiger charge is 2.19. The van der Waals surface area contributed by atoms with Crippen molar-refractivity contribution in [3.63, 3.8) is 0 Å². The molecule has 0 saturated heterocycles. The molecule has 3 aromatic heterocycles. The quantitative estimate of drug-likeness (QED) is 0.402. The number of thiazole rings is 1. The molecule has 0 bridgehead atoms. The molecule has 0 unspecified atom stereocenters. The topological polar surface area (TPSA) is 83.6 Å². The Balaban J connectivity index is 1.39. The van der Waals surface area contributed by atoms with Gasteiger partial charge in [-0.3, -0.25) is 9.89 Å². The molecule has 29 heavy (non-hydrogen) atoms. The van der Waals surface area contributed by atoms with E-state index in [9.17, 15) is 13.6 Å². The molecule has 4 rings (SSSR count). The van der Waals surface area contributed by atoms with Crippen LogP contribution in [0.3, 0.4) is 0 Å². The number of aromatic amines is 1. The fourth-order valence-corrected chi connectivity index (χ4v) is 4.47. The summed E-state index contributed by atoms with van der Waals surface area (Å²) < 4.78 is 26.5. The van der Waals surface area contributed by atoms with Gasteiger partial charge in [0.25, 0.3) is 0 Å². The Labute approximate surface area is 176 Å². The Kier molecular flexibility index (Phi) is 5.69. The van der Waals surface area contributed by atoms with E-state index in [1.807, 2.05) is 17.5 Å². The molecular weight excluding hydrogens is 436 g/mol. The number of nitrogens with one attached hydrogen (secondary N) is 2. The van der Waals surface area contributed by atoms with E-state index in [1.54, 1.807) is 23.6 Å². The first-order valence-corrected chi connectivity index (χ1v) is 11.0. The SMILES string of the molecule is C[C@H](Sc1n[nH]c(-c2cccs2)n1)C(=O)Nc1nc(-c2ccc(F)c(F)c2)cs1. The van der Waals surface area contributed by atoms with Gasteiger partial charge >= 0.3 is 0 Å². The molecular formula is C18H13F2N5OS3. The van der Waals surface area contributed by atoms with E-state index in [2.05, 4.69) is 25.5 Å². The van der Waals surface area contributed by atoms with E-state index in [0.717, 1.165) is 17.0 Å². The van der Waals surface area contributed by atoms with E-state index in [0.29, 0.717) is 27.4 Å². The van der Waals surface area contributed by atoms with Crippen molar-refractivity contribution in [1.29, 1.82) is 0 Å². The number of hydrogen-bond donors (Lipinski definition) is 2. The lowest BCUT2D eigenvalue weighted by atomic mass is 10.2. The summed E-state index contributed by atoms with van der Waals surface area (Å²) in [6.07, 6.45) is 0. The summed E-state index contributed by atoms with van der Waals surface area (Å²) in [4.78, 5) is 22.1. The smallest absolute Gasteiger partial charge is 0.239 e. The summed E-state index contributed by atoms with van der Waals surface area (Å²) in [5.41, 5.74) is 0.893. The largest absolute Gasteiger partial charge is 0.301 e. The molecule has 6 nitrogen and oxygen atoms in total. The Morgan fingerprint density at radius 2 is 2.07 bits per heavy atom. The van der Waals surface area contributed by atoms with E-state index >= 15 is 0 Å². The van der Waals surface area contributed by atoms with Gasteiger partial charge in [0.05, 0.1) is 15.8 Å². The van der Waals surface area contributed by atoms with Crippen LogP contribution in [-0.4, -0.2) is 31.3 Å². The zero-order valence-electron chi connectivity index (χ0n) is 14.8. The standard InChI is InChI=1S/C18H13F2N5OS3/c1-9(29-18-22-15(24-25-18)14-3-2-6-27-14)16(26)23-17-21-13(8-28-17)10-4-5-11(19)12(20)7-10/h2-9H,1H3,(H,21,23,26)(H,22,24,25)/t9-/m0/s1. The van der Waals surface area contributed by atoms with Crippen LogP contribution in [0.1, 0.15) is 6.92 Å². The van der Waals surface area contributed by atoms with Gasteiger partial charge in [-0.25, -0.2) is 18.7 Å². The fraction of sp³-hybridized carbons (Fsp3) is 0.111. The number of amides is 1. The van der Waals surface area contributed by atoms with Crippen molar-refractivity contribution >= 4 is 45.5 Å². The number of thiophene rings is 1. The van der Waals surface area contributed by atoms with Crippen molar-refractivity contribution < 1.29 is 13.6 Å². The molecule has 0 aliphatic heterocycles. The van der Waals surface area contributed by atoms with Gasteiger partial charge < -0.3 is 5.32 Å². The van der Waals surface area contributed by atoms with Gasteiger partial charge in [0, 0.05) is 10.9 Å². The lowest BCUT2D eigenvalue weighted by Crippen LogP contribution is -2.22. The van der Waals surface area contributed by atoms with Gasteiger partial charge in [-0.15, -0.1) is 27.8 Å². The normalized spacial score (nSPS) is 12.1. The summed E-state index contributed by atoms with van der Waals surface area (Å²) in [5.74, 6) is -1.47. The molecule has 2 N–H and O–H groups in total. The number of halogens is 2. The Hall–Kier alpha value is -2.63. The summed E-state index contributed by atoms with van der Waals surface area (Å²) in [6.45, 7) is 1.74. The number of benzene rings is 1. The lowest BCUT2D eigenvalue weighted by molar-refractivity contribution is -0.115. The molecule has 148 valence electrons. The molecule has 1 aromatic carbocycles. The average Bonchev–Trinajstić information content (AvgIpc) is 3.45. The second-order valence-electron chi connectivity index (χ2n) is 5.86. The highest BCUT2D eigenvalue weighted by Crippen LogP contribution is 2.28. The summed E-state index contributed by atoms with van der Waals surface area (Å²) in [7, 11) is 0. The Bertz CT molecular complexity index is 1140. The molecule has 11 heteroatoms. The second-order valence-corrected chi connectivity index (χ2v) is 8.97. The number of carbonyl (C=O) groups excluding carboxylic acids is 1. The third-order valence-corrected chi connectivity index (χ3v) is 6.42. The highest BCUT2D eigenvalue weighted by molar-refractivity contribution is 8.00. The van der Waals surface area contributed by atoms with Gasteiger partial charge in [0.1, 0.15) is 0 Å². The van der Waals surface area contributed by atoms with Crippen LogP contribution < -0.4 is 5.32 Å². The minimum absolute atomic E-state index is 0.260. The average molecular weight is 450 g/mol. The van der Waals surface area contributed by atoms with Crippen LogP contribution in [0.4, 0.5) is 13.9 Å². The maximum absolute atomic E-state index is 13.4. The van der Waals surface area contributed by atoms with Crippen molar-refractivity contribution in [3.8, 4) is 22.0 Å². The van der Waals surface area contributed by atoms with E-state index in [4.69, 9.17) is 0 Å². The summed E-state index contributed by atoms with van der Waals surface area (Å²) in [6, 6.07) is 7.41. The van der Waals surface area contributed by atoms with Crippen LogP contribution in [0.15, 0.2) is 46.2 Å². The molecule has 1 amide bonds. The van der Waals surface area contributed by atoms with Crippen molar-refractivity contribution in [1.82, 2.24) is 20.2 Å². The number of nitrogens with zero attached hydrogens (tertiary/aromatic N) is 3. The zero-order valence-corrected chi connectivity index (χ0v) is 17.3. The molecule has 0 aliphatic rings. The molecule has 1 atom stereocenters. The predicted octanol–water partition coefficient (Wildman–Crippen LogP) is 5.05. The Morgan fingerprint density at radius 3 is 2.83 bits per heavy atom. The van der Waals surface area contributed by atoms with Crippen molar-refractivity contribution in [3.05, 3.63) is 52.7 Å². The van der Waals surface area contributed by atoms with Gasteiger partial charge in [-0.2, -0.15) is 0 Å². The molecule has 0 aliphatic carbocycles. The van der Waals surface area contributed by atoms with Crippen LogP contribution in [0.5, 0.6) is 0 Å². The van der Waals surface area contributed by atoms with E-state index < -0.39 is 16.9 Å². The van der Waals surface area contributed by atoms with Crippen molar-refractivity contribution in [2.24, 2.45) is 0 Å². The molecule has 0 fully saturated rings. The molecule has 3 heterocycles. The number of carbonyl (C=O) groups is 1. The maximum atomic E-state index is 13.4. The highest BCUT2D eigenvalue weighted by atomic mass is 32.2. The number of thioether (sulfide) groups is 1. The number of H-pyrrole nitrogens is 1. The van der Waals surface area contributed by atoms with Crippen LogP contribution in [0.25, 0.3) is 22.0 Å². The van der Waals surface area contributed by atoms with Crippen molar-refractivity contribution in [2.45, 2.75) is 17.3 Å². The van der Waals surface area contributed by atoms with E-state index in [1.165, 1.54) is 29.2 Å². The van der Waals surface area contributed by atoms with Crippen molar-refractivity contribution in [2.75, 3.05) is 5.32 Å². The lowest BCUT2D eigenvalue weighted by Gasteiger charge is -2.07. The Morgan fingerprint density at radius 1 is 1.21 bits per heavy atom. The second kappa shape index (κ2) is 8.39. The van der Waals surface area contributed by atoms with Gasteiger partial charge in [0.15, 0.2) is 22.6 Å². The minimum Gasteiger partial charge on any atom is -0.301 e. The zero-order chi connectivity index (χ0) is 20.4. The first kappa shape index (κ1) is 19.7. The molecule has 0 radical (unpaired) electrons. The monoisotopic (exact) mass is 449 g/mol. The summed E-state index contributed by atoms with van der Waals surface area (Å²) in [5, 5.41) is 13.7. The van der Waals surface area contributed by atoms with Gasteiger partial charge in [-0.05, 0) is 36.6 Å². The first-order chi connectivity index (χ1) is 14.0. The molecule has 0 saturated carbocycles. The van der Waals surface area contributed by atoms with Gasteiger partial charge in [0.2, 0.25) is 11.1 Å².